The van der Waals surface area contributed by atoms with Crippen LogP contribution in [0.5, 0.6) is 0 Å². The lowest BCUT2D eigenvalue weighted by atomic mass is 10.0. The summed E-state index contributed by atoms with van der Waals surface area (Å²) in [4.78, 5) is 26.8. The number of morpholine rings is 1. The minimum Gasteiger partial charge on any atom is -0.372 e. The number of rotatable bonds is 5. The summed E-state index contributed by atoms with van der Waals surface area (Å²) in [5, 5.41) is 3.05. The van der Waals surface area contributed by atoms with E-state index in [1.165, 1.54) is 0 Å². The second-order valence-electron chi connectivity index (χ2n) is 8.58. The molecule has 2 aliphatic heterocycles. The maximum Gasteiger partial charge on any atom is 0.317 e. The normalized spacial score (nSPS) is 21.0. The first-order valence-electron chi connectivity index (χ1n) is 11.4. The summed E-state index contributed by atoms with van der Waals surface area (Å²) in [7, 11) is 0. The summed E-state index contributed by atoms with van der Waals surface area (Å²) in [5.74, 6) is 1.69. The van der Waals surface area contributed by atoms with E-state index in [1.54, 1.807) is 0 Å². The van der Waals surface area contributed by atoms with Crippen molar-refractivity contribution in [3.05, 3.63) is 41.6 Å². The SMILES string of the molecule is CCCCNC(=O)N1CCc2nc(-c3ccccc3)nc(N3C[C@@H](C)O[C@@H](C)C3)c2C1. The number of carbonyl (C=O) groups excluding carboxylic acids is 1. The van der Waals surface area contributed by atoms with Gasteiger partial charge >= 0.3 is 6.03 Å². The average molecular weight is 424 g/mol. The molecule has 166 valence electrons. The van der Waals surface area contributed by atoms with E-state index >= 15 is 0 Å². The number of anilines is 1. The van der Waals surface area contributed by atoms with Crippen LogP contribution in [0.15, 0.2) is 30.3 Å². The van der Waals surface area contributed by atoms with Crippen molar-refractivity contribution in [2.24, 2.45) is 0 Å². The molecule has 0 spiro atoms. The Morgan fingerprint density at radius 2 is 1.90 bits per heavy atom. The summed E-state index contributed by atoms with van der Waals surface area (Å²) in [6.07, 6.45) is 3.06. The maximum atomic E-state index is 12.7. The first kappa shape index (κ1) is 21.6. The zero-order valence-electron chi connectivity index (χ0n) is 18.8. The van der Waals surface area contributed by atoms with Crippen molar-refractivity contribution in [2.75, 3.05) is 31.1 Å². The average Bonchev–Trinajstić information content (AvgIpc) is 2.78. The van der Waals surface area contributed by atoms with Gasteiger partial charge in [0.2, 0.25) is 0 Å². The molecule has 1 fully saturated rings. The van der Waals surface area contributed by atoms with E-state index in [2.05, 4.69) is 31.0 Å². The molecular formula is C24H33N5O2. The second-order valence-corrected chi connectivity index (χ2v) is 8.58. The Bertz CT molecular complexity index is 894. The Kier molecular flexibility index (Phi) is 6.70. The van der Waals surface area contributed by atoms with Crippen molar-refractivity contribution in [2.45, 2.75) is 58.8 Å². The minimum absolute atomic E-state index is 0.000833. The van der Waals surface area contributed by atoms with Crippen LogP contribution < -0.4 is 10.2 Å². The number of nitrogens with one attached hydrogen (secondary N) is 1. The largest absolute Gasteiger partial charge is 0.372 e. The van der Waals surface area contributed by atoms with E-state index in [9.17, 15) is 4.79 Å². The summed E-state index contributed by atoms with van der Waals surface area (Å²) < 4.78 is 5.95. The molecule has 2 aromatic rings. The van der Waals surface area contributed by atoms with Crippen LogP contribution in [0.2, 0.25) is 0 Å². The molecule has 31 heavy (non-hydrogen) atoms. The van der Waals surface area contributed by atoms with Crippen molar-refractivity contribution in [1.29, 1.82) is 0 Å². The predicted molar refractivity (Wildman–Crippen MR) is 122 cm³/mol. The van der Waals surface area contributed by atoms with Gasteiger partial charge in [-0.15, -0.1) is 0 Å². The Morgan fingerprint density at radius 1 is 1.16 bits per heavy atom. The van der Waals surface area contributed by atoms with Gasteiger partial charge in [0.05, 0.1) is 24.4 Å². The third kappa shape index (κ3) is 4.98. The number of ether oxygens (including phenoxy) is 1. The Labute approximate surface area is 184 Å². The van der Waals surface area contributed by atoms with E-state index in [-0.39, 0.29) is 18.2 Å². The first-order chi connectivity index (χ1) is 15.0. The Balaban J connectivity index is 1.67. The lowest BCUT2D eigenvalue weighted by Gasteiger charge is -2.39. The zero-order valence-corrected chi connectivity index (χ0v) is 18.8. The topological polar surface area (TPSA) is 70.6 Å². The fourth-order valence-electron chi connectivity index (χ4n) is 4.38. The smallest absolute Gasteiger partial charge is 0.317 e. The molecule has 1 N–H and O–H groups in total. The highest BCUT2D eigenvalue weighted by Crippen LogP contribution is 2.31. The number of urea groups is 1. The monoisotopic (exact) mass is 423 g/mol. The summed E-state index contributed by atoms with van der Waals surface area (Å²) in [6.45, 7) is 9.82. The van der Waals surface area contributed by atoms with Crippen molar-refractivity contribution >= 4 is 11.8 Å². The summed E-state index contributed by atoms with van der Waals surface area (Å²) >= 11 is 0. The van der Waals surface area contributed by atoms with Crippen molar-refractivity contribution < 1.29 is 9.53 Å². The minimum atomic E-state index is 0.000833. The molecule has 2 atom stereocenters. The molecule has 0 bridgehead atoms. The van der Waals surface area contributed by atoms with Gasteiger partial charge in [0.15, 0.2) is 5.82 Å². The van der Waals surface area contributed by atoms with Gasteiger partial charge in [-0.3, -0.25) is 0 Å². The van der Waals surface area contributed by atoms with Gasteiger partial charge in [0.25, 0.3) is 0 Å². The number of fused-ring (bicyclic) bond motifs is 1. The molecule has 2 aliphatic rings. The number of nitrogens with zero attached hydrogens (tertiary/aromatic N) is 4. The fourth-order valence-corrected chi connectivity index (χ4v) is 4.38. The lowest BCUT2D eigenvalue weighted by Crippen LogP contribution is -2.48. The van der Waals surface area contributed by atoms with Crippen molar-refractivity contribution in [1.82, 2.24) is 20.2 Å². The number of hydrogen-bond donors (Lipinski definition) is 1. The molecule has 0 saturated carbocycles. The van der Waals surface area contributed by atoms with Gasteiger partial charge in [0.1, 0.15) is 5.82 Å². The van der Waals surface area contributed by atoms with Gasteiger partial charge in [-0.1, -0.05) is 43.7 Å². The number of unbranched alkanes of at least 4 members (excludes halogenated alkanes) is 1. The maximum absolute atomic E-state index is 12.7. The molecular weight excluding hydrogens is 390 g/mol. The van der Waals surface area contributed by atoms with Gasteiger partial charge in [-0.25, -0.2) is 14.8 Å². The van der Waals surface area contributed by atoms with Gasteiger partial charge in [-0.2, -0.15) is 0 Å². The van der Waals surface area contributed by atoms with E-state index in [1.807, 2.05) is 35.2 Å². The highest BCUT2D eigenvalue weighted by molar-refractivity contribution is 5.75. The number of amides is 2. The molecule has 7 nitrogen and oxygen atoms in total. The van der Waals surface area contributed by atoms with Crippen LogP contribution in [0.4, 0.5) is 10.6 Å². The van der Waals surface area contributed by atoms with E-state index in [0.717, 1.165) is 60.8 Å². The number of carbonyl (C=O) groups is 1. The Hall–Kier alpha value is -2.67. The standard InChI is InChI=1S/C24H33N5O2/c1-4-5-12-25-24(30)28-13-11-21-20(16-28)23(29-14-17(2)31-18(3)15-29)27-22(26-21)19-9-7-6-8-10-19/h6-10,17-18H,4-5,11-16H2,1-3H3,(H,25,30)/t17-,18+. The number of benzene rings is 1. The van der Waals surface area contributed by atoms with Crippen LogP contribution in [0.25, 0.3) is 11.4 Å². The fraction of sp³-hybridized carbons (Fsp3) is 0.542. The molecule has 0 radical (unpaired) electrons. The quantitative estimate of drug-likeness (QED) is 0.744. The molecule has 3 heterocycles. The second kappa shape index (κ2) is 9.64. The zero-order chi connectivity index (χ0) is 21.8. The third-order valence-electron chi connectivity index (χ3n) is 5.88. The van der Waals surface area contributed by atoms with Crippen molar-refractivity contribution in [3.63, 3.8) is 0 Å². The van der Waals surface area contributed by atoms with E-state index < -0.39 is 0 Å². The summed E-state index contributed by atoms with van der Waals surface area (Å²) in [6, 6.07) is 10.1. The van der Waals surface area contributed by atoms with Crippen LogP contribution in [0.3, 0.4) is 0 Å². The van der Waals surface area contributed by atoms with E-state index in [4.69, 9.17) is 14.7 Å². The molecule has 1 aromatic carbocycles. The van der Waals surface area contributed by atoms with Gasteiger partial charge in [0, 0.05) is 43.7 Å². The number of aromatic nitrogens is 2. The van der Waals surface area contributed by atoms with Gasteiger partial charge < -0.3 is 19.9 Å². The van der Waals surface area contributed by atoms with Crippen molar-refractivity contribution in [3.8, 4) is 11.4 Å². The van der Waals surface area contributed by atoms with Crippen LogP contribution in [0, 0.1) is 0 Å². The predicted octanol–water partition coefficient (Wildman–Crippen LogP) is 3.63. The molecule has 7 heteroatoms. The highest BCUT2D eigenvalue weighted by atomic mass is 16.5. The molecule has 2 amide bonds. The van der Waals surface area contributed by atoms with Crippen LogP contribution >= 0.6 is 0 Å². The molecule has 1 saturated heterocycles. The molecule has 1 aromatic heterocycles. The third-order valence-corrected chi connectivity index (χ3v) is 5.88. The molecule has 0 aliphatic carbocycles. The highest BCUT2D eigenvalue weighted by Gasteiger charge is 2.31. The van der Waals surface area contributed by atoms with Gasteiger partial charge in [-0.05, 0) is 20.3 Å². The van der Waals surface area contributed by atoms with Crippen LogP contribution in [-0.4, -0.2) is 59.3 Å². The Morgan fingerprint density at radius 3 is 2.61 bits per heavy atom. The first-order valence-corrected chi connectivity index (χ1v) is 11.4. The van der Waals surface area contributed by atoms with Crippen LogP contribution in [0.1, 0.15) is 44.9 Å². The molecule has 4 rings (SSSR count). The number of hydrogen-bond acceptors (Lipinski definition) is 5. The van der Waals surface area contributed by atoms with Crippen LogP contribution in [-0.2, 0) is 17.7 Å². The molecule has 0 unspecified atom stereocenters. The lowest BCUT2D eigenvalue weighted by molar-refractivity contribution is -0.00556. The summed E-state index contributed by atoms with van der Waals surface area (Å²) in [5.41, 5.74) is 3.13. The van der Waals surface area contributed by atoms with E-state index in [0.29, 0.717) is 19.6 Å².